The third-order valence-corrected chi connectivity index (χ3v) is 5.52. The van der Waals surface area contributed by atoms with Crippen LogP contribution >= 0.6 is 0 Å². The van der Waals surface area contributed by atoms with Crippen molar-refractivity contribution in [3.63, 3.8) is 0 Å². The summed E-state index contributed by atoms with van der Waals surface area (Å²) in [7, 11) is 0. The normalized spacial score (nSPS) is 43.9. The van der Waals surface area contributed by atoms with Crippen LogP contribution in [0.2, 0.25) is 0 Å². The molecule has 1 amide bonds. The summed E-state index contributed by atoms with van der Waals surface area (Å²) >= 11 is 0. The minimum absolute atomic E-state index is 0.202. The van der Waals surface area contributed by atoms with Gasteiger partial charge < -0.3 is 14.4 Å². The Kier molecular flexibility index (Phi) is 2.99. The van der Waals surface area contributed by atoms with E-state index in [2.05, 4.69) is 30.9 Å². The lowest BCUT2D eigenvalue weighted by Gasteiger charge is -2.48. The first-order valence-corrected chi connectivity index (χ1v) is 8.22. The molecule has 0 radical (unpaired) electrons. The summed E-state index contributed by atoms with van der Waals surface area (Å²) < 4.78 is 11.9. The molecule has 2 bridgehead atoms. The monoisotopic (exact) mass is 291 g/mol. The Morgan fingerprint density at radius 1 is 1.24 bits per heavy atom. The van der Waals surface area contributed by atoms with Gasteiger partial charge in [-0.05, 0) is 38.5 Å². The van der Waals surface area contributed by atoms with Gasteiger partial charge in [-0.3, -0.25) is 4.79 Å². The van der Waals surface area contributed by atoms with Crippen LogP contribution in [0.4, 0.5) is 0 Å². The molecule has 2 saturated heterocycles. The van der Waals surface area contributed by atoms with E-state index >= 15 is 0 Å². The molecule has 0 aromatic rings. The smallest absolute Gasteiger partial charge is 0.226 e. The van der Waals surface area contributed by atoms with E-state index < -0.39 is 0 Å². The molecule has 0 unspecified atom stereocenters. The third-order valence-electron chi connectivity index (χ3n) is 5.52. The predicted octanol–water partition coefficient (Wildman–Crippen LogP) is 2.00. The molecular formula is C17H25NO3. The van der Waals surface area contributed by atoms with E-state index in [1.165, 1.54) is 6.42 Å². The number of hydrogen-bond acceptors (Lipinski definition) is 3. The largest absolute Gasteiger partial charge is 0.378 e. The van der Waals surface area contributed by atoms with Gasteiger partial charge >= 0.3 is 0 Å². The SMILES string of the molecule is CC1(C)CN(C(=O)[C@H]2C[C@H]3C=C[C@H]2C3)C[C@@]2(CCOC2)O1. The summed E-state index contributed by atoms with van der Waals surface area (Å²) in [6.07, 6.45) is 7.68. The summed E-state index contributed by atoms with van der Waals surface area (Å²) in [4.78, 5) is 15.1. The van der Waals surface area contributed by atoms with E-state index in [0.29, 0.717) is 37.4 Å². The van der Waals surface area contributed by atoms with Gasteiger partial charge in [0.1, 0.15) is 5.60 Å². The fourth-order valence-corrected chi connectivity index (χ4v) is 4.76. The van der Waals surface area contributed by atoms with Crippen LogP contribution in [0.25, 0.3) is 0 Å². The number of ether oxygens (including phenoxy) is 2. The minimum atomic E-state index is -0.283. The Hall–Kier alpha value is -0.870. The molecule has 21 heavy (non-hydrogen) atoms. The van der Waals surface area contributed by atoms with Crippen molar-refractivity contribution in [2.45, 2.75) is 44.3 Å². The molecule has 4 rings (SSSR count). The first kappa shape index (κ1) is 13.8. The topological polar surface area (TPSA) is 38.8 Å². The van der Waals surface area contributed by atoms with Crippen LogP contribution in [-0.2, 0) is 14.3 Å². The number of fused-ring (bicyclic) bond motifs is 2. The number of rotatable bonds is 1. The minimum Gasteiger partial charge on any atom is -0.378 e. The molecule has 2 heterocycles. The van der Waals surface area contributed by atoms with Crippen LogP contribution in [0, 0.1) is 17.8 Å². The van der Waals surface area contributed by atoms with Gasteiger partial charge in [0.25, 0.3) is 0 Å². The lowest BCUT2D eigenvalue weighted by molar-refractivity contribution is -0.201. The number of amides is 1. The molecule has 4 aliphatic rings. The molecule has 0 aromatic heterocycles. The molecule has 2 aliphatic carbocycles. The molecule has 0 N–H and O–H groups in total. The summed E-state index contributed by atoms with van der Waals surface area (Å²) in [5.74, 6) is 1.66. The maximum absolute atomic E-state index is 13.0. The quantitative estimate of drug-likeness (QED) is 0.694. The first-order chi connectivity index (χ1) is 9.96. The average Bonchev–Trinajstić information content (AvgIpc) is 3.12. The van der Waals surface area contributed by atoms with Crippen LogP contribution < -0.4 is 0 Å². The Morgan fingerprint density at radius 2 is 2.10 bits per heavy atom. The van der Waals surface area contributed by atoms with Crippen LogP contribution in [0.5, 0.6) is 0 Å². The molecule has 116 valence electrons. The average molecular weight is 291 g/mol. The molecule has 2 aliphatic heterocycles. The van der Waals surface area contributed by atoms with Crippen molar-refractivity contribution in [2.75, 3.05) is 26.3 Å². The fraction of sp³-hybridized carbons (Fsp3) is 0.824. The van der Waals surface area contributed by atoms with Crippen molar-refractivity contribution in [1.82, 2.24) is 4.90 Å². The van der Waals surface area contributed by atoms with Gasteiger partial charge in [-0.25, -0.2) is 0 Å². The van der Waals surface area contributed by atoms with Gasteiger partial charge in [0.05, 0.1) is 18.8 Å². The van der Waals surface area contributed by atoms with Gasteiger partial charge in [0.2, 0.25) is 5.91 Å². The number of carbonyl (C=O) groups is 1. The number of morpholine rings is 1. The van der Waals surface area contributed by atoms with Crippen LogP contribution in [0.1, 0.15) is 33.1 Å². The fourth-order valence-electron chi connectivity index (χ4n) is 4.76. The highest BCUT2D eigenvalue weighted by Gasteiger charge is 2.50. The van der Waals surface area contributed by atoms with E-state index in [-0.39, 0.29) is 17.1 Å². The van der Waals surface area contributed by atoms with Crippen molar-refractivity contribution in [1.29, 1.82) is 0 Å². The maximum Gasteiger partial charge on any atom is 0.226 e. The molecule has 4 nitrogen and oxygen atoms in total. The highest BCUT2D eigenvalue weighted by Crippen LogP contribution is 2.45. The van der Waals surface area contributed by atoms with Crippen LogP contribution in [0.15, 0.2) is 12.2 Å². The van der Waals surface area contributed by atoms with Gasteiger partial charge in [-0.2, -0.15) is 0 Å². The lowest BCUT2D eigenvalue weighted by Crippen LogP contribution is -2.62. The predicted molar refractivity (Wildman–Crippen MR) is 78.8 cm³/mol. The molecule has 3 fully saturated rings. The Morgan fingerprint density at radius 3 is 2.71 bits per heavy atom. The number of nitrogens with zero attached hydrogens (tertiary/aromatic N) is 1. The lowest BCUT2D eigenvalue weighted by atomic mass is 9.89. The van der Waals surface area contributed by atoms with E-state index in [1.54, 1.807) is 0 Å². The Bertz CT molecular complexity index is 478. The Balaban J connectivity index is 1.53. The Labute approximate surface area is 126 Å². The zero-order valence-electron chi connectivity index (χ0n) is 13.0. The highest BCUT2D eigenvalue weighted by molar-refractivity contribution is 5.80. The standard InChI is InChI=1S/C17H25NO3/c1-16(2)9-18(10-17(21-16)5-6-20-11-17)15(19)14-8-12-3-4-13(14)7-12/h3-4,12-14H,5-11H2,1-2H3/t12-,13-,14-,17+/m0/s1. The molecule has 0 aromatic carbocycles. The second kappa shape index (κ2) is 4.56. The van der Waals surface area contributed by atoms with E-state index in [9.17, 15) is 4.79 Å². The van der Waals surface area contributed by atoms with Crippen molar-refractivity contribution < 1.29 is 14.3 Å². The highest BCUT2D eigenvalue weighted by atomic mass is 16.6. The molecule has 1 spiro atoms. The molecular weight excluding hydrogens is 266 g/mol. The number of carbonyl (C=O) groups excluding carboxylic acids is 1. The van der Waals surface area contributed by atoms with Gasteiger partial charge in [-0.1, -0.05) is 12.2 Å². The third kappa shape index (κ3) is 2.33. The summed E-state index contributed by atoms with van der Waals surface area (Å²) in [6.45, 7) is 6.95. The maximum atomic E-state index is 13.0. The molecule has 1 saturated carbocycles. The molecule has 4 atom stereocenters. The van der Waals surface area contributed by atoms with E-state index in [4.69, 9.17) is 9.47 Å². The van der Waals surface area contributed by atoms with E-state index in [1.807, 2.05) is 0 Å². The van der Waals surface area contributed by atoms with E-state index in [0.717, 1.165) is 19.4 Å². The zero-order chi connectivity index (χ0) is 14.7. The molecule has 4 heteroatoms. The zero-order valence-corrected chi connectivity index (χ0v) is 13.0. The van der Waals surface area contributed by atoms with Gasteiger partial charge in [-0.15, -0.1) is 0 Å². The van der Waals surface area contributed by atoms with Crippen LogP contribution in [0.3, 0.4) is 0 Å². The van der Waals surface area contributed by atoms with Gasteiger partial charge in [0, 0.05) is 25.5 Å². The van der Waals surface area contributed by atoms with Crippen molar-refractivity contribution in [3.8, 4) is 0 Å². The van der Waals surface area contributed by atoms with Crippen molar-refractivity contribution >= 4 is 5.91 Å². The summed E-state index contributed by atoms with van der Waals surface area (Å²) in [5, 5.41) is 0. The van der Waals surface area contributed by atoms with Gasteiger partial charge in [0.15, 0.2) is 0 Å². The number of allylic oxidation sites excluding steroid dienone is 2. The van der Waals surface area contributed by atoms with Crippen molar-refractivity contribution in [3.05, 3.63) is 12.2 Å². The van der Waals surface area contributed by atoms with Crippen molar-refractivity contribution in [2.24, 2.45) is 17.8 Å². The summed E-state index contributed by atoms with van der Waals surface area (Å²) in [5.41, 5.74) is -0.556. The second-order valence-corrected chi connectivity index (χ2v) is 7.93. The number of hydrogen-bond donors (Lipinski definition) is 0. The first-order valence-electron chi connectivity index (χ1n) is 8.22. The second-order valence-electron chi connectivity index (χ2n) is 7.93. The summed E-state index contributed by atoms with van der Waals surface area (Å²) in [6, 6.07) is 0. The van der Waals surface area contributed by atoms with Crippen LogP contribution in [-0.4, -0.2) is 48.3 Å².